The predicted molar refractivity (Wildman–Crippen MR) is 133 cm³/mol. The van der Waals surface area contributed by atoms with Crippen molar-refractivity contribution < 1.29 is 4.74 Å². The van der Waals surface area contributed by atoms with Gasteiger partial charge in [0, 0.05) is 17.6 Å². The monoisotopic (exact) mass is 437 g/mol. The number of methoxy groups -OCH3 is 1. The maximum Gasteiger partial charge on any atom is 0.250 e. The van der Waals surface area contributed by atoms with Gasteiger partial charge in [0.25, 0.3) is 0 Å². The van der Waals surface area contributed by atoms with Crippen molar-refractivity contribution in [3.8, 4) is 5.75 Å². The summed E-state index contributed by atoms with van der Waals surface area (Å²) in [5, 5.41) is 10.6. The van der Waals surface area contributed by atoms with Crippen molar-refractivity contribution in [1.82, 2.24) is 15.0 Å². The summed E-state index contributed by atoms with van der Waals surface area (Å²) in [5.74, 6) is 1.81. The largest absolute Gasteiger partial charge is 0.497 e. The molecule has 164 valence electrons. The fraction of sp³-hybridized carbons (Fsp3) is 0.0400. The molecule has 0 amide bonds. The zero-order valence-electron chi connectivity index (χ0n) is 18.0. The number of benzene rings is 3. The predicted octanol–water partition coefficient (Wildman–Crippen LogP) is 5.48. The van der Waals surface area contributed by atoms with Crippen molar-refractivity contribution in [3.05, 3.63) is 96.6 Å². The third-order valence-electron chi connectivity index (χ3n) is 4.42. The Hall–Kier alpha value is -4.72. The molecule has 0 spiro atoms. The quantitative estimate of drug-likeness (QED) is 0.236. The molecular formula is C25H23N7O. The topological polar surface area (TPSA) is 96.4 Å². The smallest absolute Gasteiger partial charge is 0.250 e. The maximum atomic E-state index is 5.21. The van der Waals surface area contributed by atoms with Gasteiger partial charge in [0.05, 0.1) is 7.11 Å². The van der Waals surface area contributed by atoms with Gasteiger partial charge in [-0.2, -0.15) is 20.1 Å². The summed E-state index contributed by atoms with van der Waals surface area (Å²) in [5.41, 5.74) is 5.62. The van der Waals surface area contributed by atoms with Gasteiger partial charge >= 0.3 is 0 Å². The number of allylic oxidation sites excluding steroid dienone is 1. The molecule has 1 heterocycles. The second-order valence-electron chi connectivity index (χ2n) is 6.81. The molecule has 0 fully saturated rings. The van der Waals surface area contributed by atoms with E-state index in [1.165, 1.54) is 0 Å². The first-order valence-electron chi connectivity index (χ1n) is 10.3. The number of hydrogen-bond acceptors (Lipinski definition) is 8. The zero-order chi connectivity index (χ0) is 22.7. The number of nitrogens with zero attached hydrogens (tertiary/aromatic N) is 4. The van der Waals surface area contributed by atoms with Crippen molar-refractivity contribution in [2.75, 3.05) is 23.2 Å². The minimum Gasteiger partial charge on any atom is -0.497 e. The average molecular weight is 438 g/mol. The van der Waals surface area contributed by atoms with Crippen LogP contribution < -0.4 is 20.8 Å². The van der Waals surface area contributed by atoms with E-state index in [2.05, 4.69) is 36.1 Å². The van der Waals surface area contributed by atoms with Crippen LogP contribution in [0.1, 0.15) is 5.56 Å². The van der Waals surface area contributed by atoms with Gasteiger partial charge in [0.1, 0.15) is 5.75 Å². The second-order valence-corrected chi connectivity index (χ2v) is 6.81. The molecule has 0 saturated carbocycles. The van der Waals surface area contributed by atoms with Crippen LogP contribution in [-0.2, 0) is 0 Å². The Morgan fingerprint density at radius 2 is 1.27 bits per heavy atom. The second kappa shape index (κ2) is 11.1. The van der Waals surface area contributed by atoms with Crippen molar-refractivity contribution in [2.45, 2.75) is 0 Å². The van der Waals surface area contributed by atoms with E-state index in [-0.39, 0.29) is 0 Å². The van der Waals surface area contributed by atoms with E-state index in [0.29, 0.717) is 17.8 Å². The minimum atomic E-state index is 0.295. The van der Waals surface area contributed by atoms with Crippen LogP contribution in [0.2, 0.25) is 0 Å². The van der Waals surface area contributed by atoms with Crippen LogP contribution in [0, 0.1) is 0 Å². The summed E-state index contributed by atoms with van der Waals surface area (Å²) in [6.07, 6.45) is 5.43. The van der Waals surface area contributed by atoms with Gasteiger partial charge in [-0.15, -0.1) is 0 Å². The number of anilines is 5. The molecule has 3 N–H and O–H groups in total. The molecule has 33 heavy (non-hydrogen) atoms. The summed E-state index contributed by atoms with van der Waals surface area (Å²) < 4.78 is 5.21. The van der Waals surface area contributed by atoms with Gasteiger partial charge in [-0.05, 0) is 48.0 Å². The number of aromatic nitrogens is 3. The normalized spacial score (nSPS) is 10.9. The van der Waals surface area contributed by atoms with Crippen molar-refractivity contribution in [1.29, 1.82) is 0 Å². The molecule has 0 bridgehead atoms. The highest BCUT2D eigenvalue weighted by atomic mass is 16.5. The van der Waals surface area contributed by atoms with Crippen LogP contribution in [0.15, 0.2) is 96.1 Å². The number of ether oxygens (including phenoxy) is 1. The van der Waals surface area contributed by atoms with E-state index in [1.807, 2.05) is 97.1 Å². The fourth-order valence-corrected chi connectivity index (χ4v) is 2.85. The average Bonchev–Trinajstić information content (AvgIpc) is 2.85. The van der Waals surface area contributed by atoms with Gasteiger partial charge in [-0.1, -0.05) is 54.6 Å². The van der Waals surface area contributed by atoms with E-state index in [1.54, 1.807) is 13.3 Å². The number of para-hydroxylation sites is 1. The highest BCUT2D eigenvalue weighted by Gasteiger charge is 2.07. The molecule has 8 nitrogen and oxygen atoms in total. The molecule has 0 unspecified atom stereocenters. The fourth-order valence-electron chi connectivity index (χ4n) is 2.85. The Kier molecular flexibility index (Phi) is 7.21. The molecule has 0 radical (unpaired) electrons. The molecule has 8 heteroatoms. The number of hydrogen-bond donors (Lipinski definition) is 3. The third kappa shape index (κ3) is 6.63. The van der Waals surface area contributed by atoms with Crippen LogP contribution in [0.25, 0.3) is 6.08 Å². The van der Waals surface area contributed by atoms with E-state index in [9.17, 15) is 0 Å². The highest BCUT2D eigenvalue weighted by Crippen LogP contribution is 2.20. The van der Waals surface area contributed by atoms with E-state index < -0.39 is 0 Å². The Morgan fingerprint density at radius 3 is 1.91 bits per heavy atom. The maximum absolute atomic E-state index is 5.21. The van der Waals surface area contributed by atoms with Gasteiger partial charge in [0.15, 0.2) is 0 Å². The molecule has 4 rings (SSSR count). The summed E-state index contributed by atoms with van der Waals surface area (Å²) in [7, 11) is 1.63. The standard InChI is InChI=1S/C25H23N7O/c1-33-22-16-14-21(15-17-22)28-24-29-23(27-20-12-6-3-7-13-20)30-25(31-24)32-26-18-8-11-19-9-4-2-5-10-19/h2-18H,1H3,(H3,27,28,29,30,31,32)/b11-8+,26-18-. The van der Waals surface area contributed by atoms with Gasteiger partial charge in [-0.3, -0.25) is 0 Å². The summed E-state index contributed by atoms with van der Waals surface area (Å²) >= 11 is 0. The highest BCUT2D eigenvalue weighted by molar-refractivity contribution is 5.78. The lowest BCUT2D eigenvalue weighted by molar-refractivity contribution is 0.415. The molecule has 0 aliphatic rings. The molecule has 3 aromatic carbocycles. The van der Waals surface area contributed by atoms with E-state index in [0.717, 1.165) is 22.7 Å². The molecule has 0 aliphatic carbocycles. The van der Waals surface area contributed by atoms with Crippen LogP contribution in [0.5, 0.6) is 5.75 Å². The van der Waals surface area contributed by atoms with Gasteiger partial charge in [0.2, 0.25) is 17.8 Å². The molecule has 1 aromatic heterocycles. The third-order valence-corrected chi connectivity index (χ3v) is 4.42. The summed E-state index contributed by atoms with van der Waals surface area (Å²) in [6, 6.07) is 27.1. The van der Waals surface area contributed by atoms with Gasteiger partial charge in [-0.25, -0.2) is 5.43 Å². The summed E-state index contributed by atoms with van der Waals surface area (Å²) in [6.45, 7) is 0. The first kappa shape index (κ1) is 21.5. The first-order chi connectivity index (χ1) is 16.3. The Morgan fingerprint density at radius 1 is 0.697 bits per heavy atom. The Labute approximate surface area is 192 Å². The molecular weight excluding hydrogens is 414 g/mol. The number of hydrazone groups is 1. The van der Waals surface area contributed by atoms with E-state index >= 15 is 0 Å². The SMILES string of the molecule is COc1ccc(Nc2nc(N/N=C\C=C\c3ccccc3)nc(Nc3ccccc3)n2)cc1. The van der Waals surface area contributed by atoms with Crippen LogP contribution >= 0.6 is 0 Å². The first-order valence-corrected chi connectivity index (χ1v) is 10.3. The van der Waals surface area contributed by atoms with Crippen molar-refractivity contribution in [3.63, 3.8) is 0 Å². The Bertz CT molecular complexity index is 1210. The van der Waals surface area contributed by atoms with Crippen molar-refractivity contribution >= 4 is 41.5 Å². The number of nitrogens with one attached hydrogen (secondary N) is 3. The lowest BCUT2D eigenvalue weighted by Gasteiger charge is -2.10. The van der Waals surface area contributed by atoms with Crippen molar-refractivity contribution in [2.24, 2.45) is 5.10 Å². The van der Waals surface area contributed by atoms with Crippen LogP contribution in [-0.4, -0.2) is 28.3 Å². The lowest BCUT2D eigenvalue weighted by Crippen LogP contribution is -2.07. The van der Waals surface area contributed by atoms with Crippen LogP contribution in [0.3, 0.4) is 0 Å². The molecule has 0 aliphatic heterocycles. The molecule has 4 aromatic rings. The summed E-state index contributed by atoms with van der Waals surface area (Å²) in [4.78, 5) is 13.3. The van der Waals surface area contributed by atoms with E-state index in [4.69, 9.17) is 4.74 Å². The Balaban J connectivity index is 1.51. The number of rotatable bonds is 9. The molecule has 0 saturated heterocycles. The van der Waals surface area contributed by atoms with Crippen LogP contribution in [0.4, 0.5) is 29.2 Å². The lowest BCUT2D eigenvalue weighted by atomic mass is 10.2. The molecule has 0 atom stereocenters. The van der Waals surface area contributed by atoms with Gasteiger partial charge < -0.3 is 15.4 Å². The minimum absolute atomic E-state index is 0.295. The zero-order valence-corrected chi connectivity index (χ0v) is 18.0.